The summed E-state index contributed by atoms with van der Waals surface area (Å²) in [6, 6.07) is 0. The summed E-state index contributed by atoms with van der Waals surface area (Å²) >= 11 is 0. The van der Waals surface area contributed by atoms with Gasteiger partial charge in [0.25, 0.3) is 6.29 Å². The lowest BCUT2D eigenvalue weighted by molar-refractivity contribution is -0.253. The number of aliphatic hydroxyl groups excluding tert-OH is 1. The number of hydrogen-bond acceptors (Lipinski definition) is 6. The molecule has 99 valence electrons. The number of ether oxygens (including phenoxy) is 1. The van der Waals surface area contributed by atoms with Gasteiger partial charge in [0.1, 0.15) is 0 Å². The Morgan fingerprint density at radius 1 is 1.59 bits per heavy atom. The zero-order valence-corrected chi connectivity index (χ0v) is 9.91. The van der Waals surface area contributed by atoms with E-state index in [1.165, 1.54) is 6.29 Å². The quantitative estimate of drug-likeness (QED) is 0.462. The Bertz CT molecular complexity index is 327. The lowest BCUT2D eigenvalue weighted by atomic mass is 9.89. The van der Waals surface area contributed by atoms with E-state index in [-0.39, 0.29) is 6.42 Å². The van der Waals surface area contributed by atoms with Crippen LogP contribution in [-0.4, -0.2) is 50.9 Å². The van der Waals surface area contributed by atoms with Crippen LogP contribution in [-0.2, 0) is 18.6 Å². The molecule has 17 heavy (non-hydrogen) atoms. The van der Waals surface area contributed by atoms with Crippen LogP contribution < -0.4 is 0 Å². The van der Waals surface area contributed by atoms with Gasteiger partial charge in [-0.15, -0.1) is 0 Å². The molecule has 0 bridgehead atoms. The molecule has 0 saturated carbocycles. The van der Waals surface area contributed by atoms with Gasteiger partial charge in [0.2, 0.25) is 5.79 Å². The van der Waals surface area contributed by atoms with Crippen molar-refractivity contribution in [3.05, 3.63) is 0 Å². The average molecular weight is 269 g/mol. The summed E-state index contributed by atoms with van der Waals surface area (Å²) in [5.74, 6) is -2.82. The van der Waals surface area contributed by atoms with Crippen molar-refractivity contribution in [1.29, 1.82) is 0 Å². The Morgan fingerprint density at radius 3 is 2.65 bits per heavy atom. The SMILES string of the molecule is CC1C(O)CC(O)([C]=O)OC1COP(=O)(O)O. The highest BCUT2D eigenvalue weighted by Crippen LogP contribution is 2.38. The molecule has 9 heteroatoms. The zero-order chi connectivity index (χ0) is 13.3. The second kappa shape index (κ2) is 5.11. The van der Waals surface area contributed by atoms with E-state index in [4.69, 9.17) is 14.5 Å². The molecule has 4 N–H and O–H groups in total. The number of rotatable bonds is 4. The van der Waals surface area contributed by atoms with Crippen LogP contribution in [0.4, 0.5) is 0 Å². The molecule has 1 aliphatic heterocycles. The summed E-state index contributed by atoms with van der Waals surface area (Å²) in [4.78, 5) is 27.5. The Labute approximate surface area is 97.4 Å². The molecule has 1 aliphatic rings. The second-order valence-electron chi connectivity index (χ2n) is 3.96. The van der Waals surface area contributed by atoms with Crippen molar-refractivity contribution in [2.45, 2.75) is 31.3 Å². The average Bonchev–Trinajstić information content (AvgIpc) is 2.20. The van der Waals surface area contributed by atoms with Crippen LogP contribution in [0.5, 0.6) is 0 Å². The highest BCUT2D eigenvalue weighted by atomic mass is 31.2. The molecular weight excluding hydrogens is 255 g/mol. The first-order valence-electron chi connectivity index (χ1n) is 4.84. The smallest absolute Gasteiger partial charge is 0.393 e. The van der Waals surface area contributed by atoms with E-state index in [1.807, 2.05) is 0 Å². The number of aliphatic hydroxyl groups is 2. The van der Waals surface area contributed by atoms with Crippen LogP contribution in [0.25, 0.3) is 0 Å². The zero-order valence-electron chi connectivity index (χ0n) is 9.02. The van der Waals surface area contributed by atoms with Crippen LogP contribution in [0.2, 0.25) is 0 Å². The van der Waals surface area contributed by atoms with E-state index < -0.39 is 38.3 Å². The predicted molar refractivity (Wildman–Crippen MR) is 53.3 cm³/mol. The normalized spacial score (nSPS) is 39.0. The molecule has 1 fully saturated rings. The Morgan fingerprint density at radius 2 is 2.18 bits per heavy atom. The molecule has 0 aliphatic carbocycles. The topological polar surface area (TPSA) is 134 Å². The molecule has 1 rings (SSSR count). The van der Waals surface area contributed by atoms with Gasteiger partial charge >= 0.3 is 7.82 Å². The molecule has 4 atom stereocenters. The summed E-state index contributed by atoms with van der Waals surface area (Å²) < 4.78 is 19.6. The van der Waals surface area contributed by atoms with Crippen LogP contribution >= 0.6 is 7.82 Å². The van der Waals surface area contributed by atoms with Crippen LogP contribution in [0.1, 0.15) is 13.3 Å². The molecule has 1 radical (unpaired) electrons. The van der Waals surface area contributed by atoms with Crippen molar-refractivity contribution in [2.75, 3.05) is 6.61 Å². The van der Waals surface area contributed by atoms with E-state index in [0.717, 1.165) is 0 Å². The standard InChI is InChI=1S/C8H14O8P/c1-5-6(10)2-8(11,4-9)16-7(5)3-15-17(12,13)14/h5-7,10-11H,2-3H2,1H3,(H2,12,13,14). The van der Waals surface area contributed by atoms with Gasteiger partial charge in [0.05, 0.1) is 18.8 Å². The first-order valence-corrected chi connectivity index (χ1v) is 6.37. The highest BCUT2D eigenvalue weighted by molar-refractivity contribution is 7.46. The minimum absolute atomic E-state index is 0.343. The van der Waals surface area contributed by atoms with Crippen molar-refractivity contribution < 1.29 is 38.6 Å². The van der Waals surface area contributed by atoms with Crippen LogP contribution in [0, 0.1) is 5.92 Å². The molecule has 0 aromatic carbocycles. The largest absolute Gasteiger partial charge is 0.469 e. The Balaban J connectivity index is 2.69. The summed E-state index contributed by atoms with van der Waals surface area (Å²) in [6.07, 6.45) is -1.18. The summed E-state index contributed by atoms with van der Waals surface area (Å²) in [5.41, 5.74) is 0. The third-order valence-electron chi connectivity index (χ3n) is 2.59. The molecule has 0 amide bonds. The van der Waals surface area contributed by atoms with Gasteiger partial charge in [-0.3, -0.25) is 9.32 Å². The molecular formula is C8H14O8P. The fourth-order valence-corrected chi connectivity index (χ4v) is 1.89. The molecule has 1 saturated heterocycles. The molecule has 1 heterocycles. The predicted octanol–water partition coefficient (Wildman–Crippen LogP) is -1.32. The second-order valence-corrected chi connectivity index (χ2v) is 5.20. The van der Waals surface area contributed by atoms with E-state index >= 15 is 0 Å². The van der Waals surface area contributed by atoms with Crippen LogP contribution in [0.3, 0.4) is 0 Å². The molecule has 0 spiro atoms. The summed E-state index contributed by atoms with van der Waals surface area (Å²) in [5, 5.41) is 19.1. The summed E-state index contributed by atoms with van der Waals surface area (Å²) in [7, 11) is -4.67. The van der Waals surface area contributed by atoms with E-state index in [1.54, 1.807) is 6.92 Å². The van der Waals surface area contributed by atoms with Gasteiger partial charge in [0, 0.05) is 12.3 Å². The molecule has 4 unspecified atom stereocenters. The lowest BCUT2D eigenvalue weighted by Gasteiger charge is -2.39. The first-order chi connectivity index (χ1) is 7.67. The minimum atomic E-state index is -4.67. The van der Waals surface area contributed by atoms with Crippen LogP contribution in [0.15, 0.2) is 0 Å². The van der Waals surface area contributed by atoms with Gasteiger partial charge in [-0.2, -0.15) is 0 Å². The maximum Gasteiger partial charge on any atom is 0.469 e. The maximum atomic E-state index is 10.5. The minimum Gasteiger partial charge on any atom is -0.393 e. The van der Waals surface area contributed by atoms with Crippen molar-refractivity contribution in [1.82, 2.24) is 0 Å². The Kier molecular flexibility index (Phi) is 4.43. The first kappa shape index (κ1) is 14.7. The summed E-state index contributed by atoms with van der Waals surface area (Å²) in [6.45, 7) is 0.995. The van der Waals surface area contributed by atoms with Crippen molar-refractivity contribution in [3.8, 4) is 0 Å². The van der Waals surface area contributed by atoms with Gasteiger partial charge < -0.3 is 24.7 Å². The molecule has 0 aromatic rings. The third-order valence-corrected chi connectivity index (χ3v) is 3.08. The van der Waals surface area contributed by atoms with E-state index in [9.17, 15) is 19.6 Å². The van der Waals surface area contributed by atoms with Crippen molar-refractivity contribution in [2.24, 2.45) is 5.92 Å². The maximum absolute atomic E-state index is 10.5. The van der Waals surface area contributed by atoms with E-state index in [2.05, 4.69) is 4.52 Å². The monoisotopic (exact) mass is 269 g/mol. The molecule has 0 aromatic heterocycles. The third kappa shape index (κ3) is 4.11. The van der Waals surface area contributed by atoms with Crippen molar-refractivity contribution in [3.63, 3.8) is 0 Å². The van der Waals surface area contributed by atoms with Gasteiger partial charge in [0.15, 0.2) is 0 Å². The fraction of sp³-hybridized carbons (Fsp3) is 0.875. The van der Waals surface area contributed by atoms with E-state index in [0.29, 0.717) is 0 Å². The highest BCUT2D eigenvalue weighted by Gasteiger charge is 2.45. The fourth-order valence-electron chi connectivity index (χ4n) is 1.55. The number of phosphoric ester groups is 1. The lowest BCUT2D eigenvalue weighted by Crippen LogP contribution is -2.53. The number of hydrogen-bond donors (Lipinski definition) is 4. The molecule has 8 nitrogen and oxygen atoms in total. The number of carbonyl (C=O) groups excluding carboxylic acids is 1. The number of phosphoric acid groups is 1. The van der Waals surface area contributed by atoms with Gasteiger partial charge in [-0.05, 0) is 0 Å². The Hall–Kier alpha value is -0.340. The van der Waals surface area contributed by atoms with Gasteiger partial charge in [-0.25, -0.2) is 4.57 Å². The van der Waals surface area contributed by atoms with Crippen molar-refractivity contribution >= 4 is 14.1 Å². The van der Waals surface area contributed by atoms with Gasteiger partial charge in [-0.1, -0.05) is 6.92 Å².